The summed E-state index contributed by atoms with van der Waals surface area (Å²) in [6, 6.07) is 5.09. The Kier molecular flexibility index (Phi) is 2.73. The van der Waals surface area contributed by atoms with Crippen LogP contribution in [-0.2, 0) is 11.3 Å². The van der Waals surface area contributed by atoms with E-state index in [2.05, 4.69) is 0 Å². The predicted molar refractivity (Wildman–Crippen MR) is 59.3 cm³/mol. The normalized spacial score (nSPS) is 15.7. The molecule has 4 heteroatoms. The van der Waals surface area contributed by atoms with E-state index >= 15 is 0 Å². The third-order valence-corrected chi connectivity index (χ3v) is 2.69. The Morgan fingerprint density at radius 1 is 1.44 bits per heavy atom. The van der Waals surface area contributed by atoms with Gasteiger partial charge in [-0.2, -0.15) is 0 Å². The van der Waals surface area contributed by atoms with Crippen LogP contribution in [-0.4, -0.2) is 28.6 Å². The first kappa shape index (κ1) is 10.8. The Labute approximate surface area is 94.4 Å². The second-order valence-electron chi connectivity index (χ2n) is 4.20. The van der Waals surface area contributed by atoms with Gasteiger partial charge in [0.25, 0.3) is 5.91 Å². The number of aromatic hydroxyl groups is 1. The van der Waals surface area contributed by atoms with Crippen LogP contribution in [0.2, 0.25) is 0 Å². The van der Waals surface area contributed by atoms with Crippen molar-refractivity contribution in [2.24, 2.45) is 0 Å². The summed E-state index contributed by atoms with van der Waals surface area (Å²) in [6.45, 7) is 4.52. The fourth-order valence-corrected chi connectivity index (χ4v) is 1.77. The number of fused-ring (bicyclic) bond motifs is 1. The van der Waals surface area contributed by atoms with E-state index in [1.807, 2.05) is 13.8 Å². The molecule has 0 saturated carbocycles. The van der Waals surface area contributed by atoms with Gasteiger partial charge in [-0.05, 0) is 26.0 Å². The summed E-state index contributed by atoms with van der Waals surface area (Å²) in [5, 5.41) is 9.34. The quantitative estimate of drug-likeness (QED) is 0.782. The minimum absolute atomic E-state index is 0.0225. The molecular formula is C12H15NO3. The van der Waals surface area contributed by atoms with E-state index in [1.54, 1.807) is 23.1 Å². The lowest BCUT2D eigenvalue weighted by atomic mass is 10.1. The maximum absolute atomic E-state index is 11.7. The average Bonchev–Trinajstić information content (AvgIpc) is 2.38. The highest BCUT2D eigenvalue weighted by Gasteiger charge is 2.23. The van der Waals surface area contributed by atoms with Gasteiger partial charge in [0, 0.05) is 24.2 Å². The van der Waals surface area contributed by atoms with Gasteiger partial charge in [-0.15, -0.1) is 0 Å². The number of amides is 1. The van der Waals surface area contributed by atoms with E-state index in [0.29, 0.717) is 12.3 Å². The number of ether oxygens (including phenoxy) is 1. The summed E-state index contributed by atoms with van der Waals surface area (Å²) in [6.07, 6.45) is 0. The van der Waals surface area contributed by atoms with E-state index in [0.717, 1.165) is 5.56 Å². The molecule has 1 aliphatic rings. The minimum atomic E-state index is -0.0225. The van der Waals surface area contributed by atoms with Crippen molar-refractivity contribution in [3.05, 3.63) is 23.8 Å². The molecule has 86 valence electrons. The number of carbonyl (C=O) groups is 1. The zero-order chi connectivity index (χ0) is 11.7. The highest BCUT2D eigenvalue weighted by molar-refractivity contribution is 5.78. The van der Waals surface area contributed by atoms with Crippen molar-refractivity contribution in [2.45, 2.75) is 26.4 Å². The summed E-state index contributed by atoms with van der Waals surface area (Å²) in [5.41, 5.74) is 0.928. The molecule has 1 aliphatic heterocycles. The van der Waals surface area contributed by atoms with E-state index in [1.165, 1.54) is 0 Å². The molecule has 0 atom stereocenters. The highest BCUT2D eigenvalue weighted by atomic mass is 16.5. The third-order valence-electron chi connectivity index (χ3n) is 2.69. The Balaban J connectivity index is 2.34. The number of nitrogens with zero attached hydrogens (tertiary/aromatic N) is 1. The molecular weight excluding hydrogens is 206 g/mol. The van der Waals surface area contributed by atoms with Crippen molar-refractivity contribution in [1.29, 1.82) is 0 Å². The number of hydrogen-bond acceptors (Lipinski definition) is 3. The molecule has 0 bridgehead atoms. The monoisotopic (exact) mass is 221 g/mol. The molecule has 0 fully saturated rings. The van der Waals surface area contributed by atoms with Gasteiger partial charge in [-0.3, -0.25) is 4.79 Å². The number of carbonyl (C=O) groups excluding carboxylic acids is 1. The van der Waals surface area contributed by atoms with Crippen molar-refractivity contribution in [1.82, 2.24) is 4.90 Å². The second kappa shape index (κ2) is 4.04. The molecule has 1 aromatic rings. The summed E-state index contributed by atoms with van der Waals surface area (Å²) in [5.74, 6) is 0.728. The third kappa shape index (κ3) is 1.96. The van der Waals surface area contributed by atoms with E-state index < -0.39 is 0 Å². The summed E-state index contributed by atoms with van der Waals surface area (Å²) < 4.78 is 5.37. The van der Waals surface area contributed by atoms with Crippen molar-refractivity contribution in [2.75, 3.05) is 6.61 Å². The molecule has 4 nitrogen and oxygen atoms in total. The van der Waals surface area contributed by atoms with Crippen LogP contribution in [0.4, 0.5) is 0 Å². The molecule has 0 radical (unpaired) electrons. The van der Waals surface area contributed by atoms with E-state index in [9.17, 15) is 9.90 Å². The highest BCUT2D eigenvalue weighted by Crippen LogP contribution is 2.28. The molecule has 2 rings (SSSR count). The van der Waals surface area contributed by atoms with Gasteiger partial charge in [-0.25, -0.2) is 0 Å². The van der Waals surface area contributed by atoms with Crippen LogP contribution < -0.4 is 4.74 Å². The molecule has 1 N–H and O–H groups in total. The van der Waals surface area contributed by atoms with Crippen LogP contribution in [0, 0.1) is 0 Å². The second-order valence-corrected chi connectivity index (χ2v) is 4.20. The van der Waals surface area contributed by atoms with Crippen molar-refractivity contribution in [3.8, 4) is 11.5 Å². The number of benzene rings is 1. The fourth-order valence-electron chi connectivity index (χ4n) is 1.77. The van der Waals surface area contributed by atoms with Crippen LogP contribution >= 0.6 is 0 Å². The molecule has 0 spiro atoms. The van der Waals surface area contributed by atoms with Crippen LogP contribution in [0.25, 0.3) is 0 Å². The van der Waals surface area contributed by atoms with E-state index in [-0.39, 0.29) is 24.3 Å². The average molecular weight is 221 g/mol. The van der Waals surface area contributed by atoms with Crippen LogP contribution in [0.5, 0.6) is 11.5 Å². The molecule has 0 saturated heterocycles. The zero-order valence-electron chi connectivity index (χ0n) is 9.43. The Morgan fingerprint density at radius 2 is 2.19 bits per heavy atom. The summed E-state index contributed by atoms with van der Waals surface area (Å²) in [7, 11) is 0. The van der Waals surface area contributed by atoms with Crippen molar-refractivity contribution in [3.63, 3.8) is 0 Å². The lowest BCUT2D eigenvalue weighted by Gasteiger charge is -2.24. The Morgan fingerprint density at radius 3 is 2.88 bits per heavy atom. The lowest BCUT2D eigenvalue weighted by molar-refractivity contribution is -0.134. The molecule has 0 unspecified atom stereocenters. The molecule has 1 heterocycles. The molecule has 1 amide bonds. The first-order chi connectivity index (χ1) is 7.58. The van der Waals surface area contributed by atoms with Gasteiger partial charge in [0.15, 0.2) is 6.61 Å². The summed E-state index contributed by atoms with van der Waals surface area (Å²) in [4.78, 5) is 13.5. The molecule has 1 aromatic carbocycles. The number of hydrogen-bond donors (Lipinski definition) is 1. The molecule has 0 aromatic heterocycles. The fraction of sp³-hybridized carbons (Fsp3) is 0.417. The minimum Gasteiger partial charge on any atom is -0.508 e. The SMILES string of the molecule is CC(C)N1Cc2ccc(O)cc2OCC1=O. The van der Waals surface area contributed by atoms with Crippen molar-refractivity contribution >= 4 is 5.91 Å². The first-order valence-electron chi connectivity index (χ1n) is 5.32. The first-order valence-corrected chi connectivity index (χ1v) is 5.32. The Bertz CT molecular complexity index is 415. The van der Waals surface area contributed by atoms with Gasteiger partial charge in [0.1, 0.15) is 11.5 Å². The maximum atomic E-state index is 11.7. The number of phenols is 1. The van der Waals surface area contributed by atoms with Crippen LogP contribution in [0.3, 0.4) is 0 Å². The Hall–Kier alpha value is -1.71. The smallest absolute Gasteiger partial charge is 0.261 e. The number of rotatable bonds is 1. The van der Waals surface area contributed by atoms with Gasteiger partial charge in [-0.1, -0.05) is 0 Å². The molecule has 16 heavy (non-hydrogen) atoms. The van der Waals surface area contributed by atoms with Gasteiger partial charge >= 0.3 is 0 Å². The zero-order valence-corrected chi connectivity index (χ0v) is 9.43. The van der Waals surface area contributed by atoms with Crippen LogP contribution in [0.1, 0.15) is 19.4 Å². The maximum Gasteiger partial charge on any atom is 0.261 e. The summed E-state index contributed by atoms with van der Waals surface area (Å²) >= 11 is 0. The van der Waals surface area contributed by atoms with Gasteiger partial charge in [0.2, 0.25) is 0 Å². The topological polar surface area (TPSA) is 49.8 Å². The van der Waals surface area contributed by atoms with Crippen LogP contribution in [0.15, 0.2) is 18.2 Å². The number of phenolic OH excluding ortho intramolecular Hbond substituents is 1. The standard InChI is InChI=1S/C12H15NO3/c1-8(2)13-6-9-3-4-10(14)5-11(9)16-7-12(13)15/h3-5,8,14H,6-7H2,1-2H3. The predicted octanol–water partition coefficient (Wildman–Crippen LogP) is 1.52. The van der Waals surface area contributed by atoms with E-state index in [4.69, 9.17) is 4.74 Å². The van der Waals surface area contributed by atoms with Gasteiger partial charge < -0.3 is 14.7 Å². The largest absolute Gasteiger partial charge is 0.508 e. The lowest BCUT2D eigenvalue weighted by Crippen LogP contribution is -2.37. The molecule has 0 aliphatic carbocycles. The van der Waals surface area contributed by atoms with Gasteiger partial charge in [0.05, 0.1) is 0 Å². The van der Waals surface area contributed by atoms with Crippen molar-refractivity contribution < 1.29 is 14.6 Å².